The van der Waals surface area contributed by atoms with Crippen molar-refractivity contribution in [1.82, 2.24) is 9.47 Å². The minimum Gasteiger partial charge on any atom is -0.341 e. The first-order chi connectivity index (χ1) is 11.2. The molecule has 3 rings (SSSR count). The third-order valence-corrected chi connectivity index (χ3v) is 5.55. The van der Waals surface area contributed by atoms with E-state index in [2.05, 4.69) is 6.07 Å². The zero-order valence-corrected chi connectivity index (χ0v) is 13.7. The maximum Gasteiger partial charge on any atom is 0.239 e. The highest BCUT2D eigenvalue weighted by Crippen LogP contribution is 2.36. The lowest BCUT2D eigenvalue weighted by Gasteiger charge is -2.42. The number of carbonyl (C=O) groups excluding carboxylic acids is 1. The van der Waals surface area contributed by atoms with Gasteiger partial charge in [-0.3, -0.25) is 4.79 Å². The molecule has 23 heavy (non-hydrogen) atoms. The molecule has 0 aromatic carbocycles. The van der Waals surface area contributed by atoms with Crippen molar-refractivity contribution in [1.29, 1.82) is 5.26 Å². The van der Waals surface area contributed by atoms with Crippen LogP contribution in [0.3, 0.4) is 0 Å². The van der Waals surface area contributed by atoms with Crippen molar-refractivity contribution in [2.75, 3.05) is 13.1 Å². The molecule has 2 N–H and O–H groups in total. The number of likely N-dealkylation sites (tertiary alicyclic amines) is 1. The van der Waals surface area contributed by atoms with Crippen LogP contribution in [0.1, 0.15) is 44.2 Å². The largest absolute Gasteiger partial charge is 0.341 e. The van der Waals surface area contributed by atoms with E-state index in [1.165, 1.54) is 25.7 Å². The lowest BCUT2D eigenvalue weighted by Crippen LogP contribution is -2.50. The number of hydrogen-bond acceptors (Lipinski definition) is 3. The highest BCUT2D eigenvalue weighted by Gasteiger charge is 2.34. The van der Waals surface area contributed by atoms with Crippen LogP contribution >= 0.6 is 0 Å². The molecule has 0 radical (unpaired) electrons. The number of nitrogens with two attached hydrogens (primary N) is 1. The van der Waals surface area contributed by atoms with Crippen LogP contribution in [0.5, 0.6) is 0 Å². The molecule has 5 nitrogen and oxygen atoms in total. The summed E-state index contributed by atoms with van der Waals surface area (Å²) in [7, 11) is 0. The molecule has 3 atom stereocenters. The molecule has 1 aliphatic heterocycles. The molecule has 5 heteroatoms. The number of aromatic nitrogens is 1. The average molecular weight is 314 g/mol. The van der Waals surface area contributed by atoms with E-state index >= 15 is 0 Å². The monoisotopic (exact) mass is 314 g/mol. The van der Waals surface area contributed by atoms with E-state index in [1.807, 2.05) is 21.7 Å². The van der Waals surface area contributed by atoms with E-state index in [0.717, 1.165) is 25.4 Å². The predicted molar refractivity (Wildman–Crippen MR) is 88.4 cm³/mol. The standard InChI is InChI=1S/C18H26N4O/c19-12-16-6-3-9-21(16)11-8-17(20)18(23)22-10-7-14-4-1-2-5-15(14)13-22/h3,6,9,14-15,17H,1-2,4-5,7-8,10-11,13,20H2/t14-,15-,17?/m1/s1. The van der Waals surface area contributed by atoms with Crippen molar-refractivity contribution < 1.29 is 4.79 Å². The van der Waals surface area contributed by atoms with Crippen molar-refractivity contribution >= 4 is 5.91 Å². The molecule has 124 valence electrons. The summed E-state index contributed by atoms with van der Waals surface area (Å²) in [6.45, 7) is 2.37. The van der Waals surface area contributed by atoms with Gasteiger partial charge in [0.05, 0.1) is 6.04 Å². The Bertz CT molecular complexity index is 588. The molecule has 1 unspecified atom stereocenters. The molecule has 1 saturated heterocycles. The van der Waals surface area contributed by atoms with Crippen molar-refractivity contribution in [2.24, 2.45) is 17.6 Å². The van der Waals surface area contributed by atoms with Crippen LogP contribution in [-0.2, 0) is 11.3 Å². The van der Waals surface area contributed by atoms with Gasteiger partial charge in [0.2, 0.25) is 5.91 Å². The summed E-state index contributed by atoms with van der Waals surface area (Å²) in [4.78, 5) is 14.6. The molecule has 2 heterocycles. The molecule has 1 aromatic heterocycles. The number of nitrogens with zero attached hydrogens (tertiary/aromatic N) is 3. The number of nitriles is 1. The maximum absolute atomic E-state index is 12.6. The van der Waals surface area contributed by atoms with Crippen LogP contribution in [0.4, 0.5) is 0 Å². The fourth-order valence-corrected chi connectivity index (χ4v) is 4.15. The molecule has 2 aliphatic rings. The predicted octanol–water partition coefficient (Wildman–Crippen LogP) is 2.12. The minimum atomic E-state index is -0.468. The van der Waals surface area contributed by atoms with Crippen LogP contribution in [0.25, 0.3) is 0 Å². The third kappa shape index (κ3) is 3.59. The lowest BCUT2D eigenvalue weighted by atomic mass is 9.75. The highest BCUT2D eigenvalue weighted by atomic mass is 16.2. The van der Waals surface area contributed by atoms with Gasteiger partial charge in [0.25, 0.3) is 0 Å². The van der Waals surface area contributed by atoms with Crippen LogP contribution in [-0.4, -0.2) is 34.5 Å². The number of piperidine rings is 1. The number of aryl methyl sites for hydroxylation is 1. The number of amides is 1. The van der Waals surface area contributed by atoms with Gasteiger partial charge in [-0.15, -0.1) is 0 Å². The summed E-state index contributed by atoms with van der Waals surface area (Å²) in [5, 5.41) is 9.02. The van der Waals surface area contributed by atoms with E-state index in [9.17, 15) is 4.79 Å². The van der Waals surface area contributed by atoms with Crippen LogP contribution < -0.4 is 5.73 Å². The Labute approximate surface area is 138 Å². The summed E-state index contributed by atoms with van der Waals surface area (Å²) in [5.41, 5.74) is 6.75. The molecule has 1 saturated carbocycles. The Hall–Kier alpha value is -1.80. The quantitative estimate of drug-likeness (QED) is 0.925. The number of fused-ring (bicyclic) bond motifs is 1. The van der Waals surface area contributed by atoms with Gasteiger partial charge in [0, 0.05) is 25.8 Å². The molecule has 0 bridgehead atoms. The molecule has 2 fully saturated rings. The molecule has 1 amide bonds. The highest BCUT2D eigenvalue weighted by molar-refractivity contribution is 5.81. The van der Waals surface area contributed by atoms with E-state index in [0.29, 0.717) is 24.6 Å². The van der Waals surface area contributed by atoms with Crippen LogP contribution in [0.15, 0.2) is 18.3 Å². The Kier molecular flexibility index (Phi) is 5.02. The molecular weight excluding hydrogens is 288 g/mol. The second-order valence-corrected chi connectivity index (χ2v) is 6.97. The molecular formula is C18H26N4O. The molecule has 1 aromatic rings. The molecule has 1 aliphatic carbocycles. The van der Waals surface area contributed by atoms with E-state index in [1.54, 1.807) is 6.07 Å². The fourth-order valence-electron chi connectivity index (χ4n) is 4.15. The zero-order valence-electron chi connectivity index (χ0n) is 13.7. The van der Waals surface area contributed by atoms with Gasteiger partial charge in [0.1, 0.15) is 11.8 Å². The smallest absolute Gasteiger partial charge is 0.239 e. The van der Waals surface area contributed by atoms with Crippen molar-refractivity contribution in [3.05, 3.63) is 24.0 Å². The van der Waals surface area contributed by atoms with Crippen molar-refractivity contribution in [3.63, 3.8) is 0 Å². The van der Waals surface area contributed by atoms with Gasteiger partial charge in [0.15, 0.2) is 0 Å². The van der Waals surface area contributed by atoms with Crippen LogP contribution in [0.2, 0.25) is 0 Å². The Balaban J connectivity index is 1.52. The SMILES string of the molecule is N#Cc1cccn1CCC(N)C(=O)N1CC[C@H]2CCCC[C@@H]2C1. The first-order valence-corrected chi connectivity index (χ1v) is 8.78. The number of hydrogen-bond donors (Lipinski definition) is 1. The van der Waals surface area contributed by atoms with Gasteiger partial charge >= 0.3 is 0 Å². The topological polar surface area (TPSA) is 75.0 Å². The lowest BCUT2D eigenvalue weighted by molar-refractivity contribution is -0.135. The summed E-state index contributed by atoms with van der Waals surface area (Å²) < 4.78 is 1.86. The molecule has 0 spiro atoms. The Morgan fingerprint density at radius 3 is 2.91 bits per heavy atom. The summed E-state index contributed by atoms with van der Waals surface area (Å²) in [5.74, 6) is 1.59. The Morgan fingerprint density at radius 2 is 2.13 bits per heavy atom. The summed E-state index contributed by atoms with van der Waals surface area (Å²) >= 11 is 0. The zero-order chi connectivity index (χ0) is 16.2. The van der Waals surface area contributed by atoms with E-state index in [4.69, 9.17) is 11.0 Å². The van der Waals surface area contributed by atoms with Crippen molar-refractivity contribution in [3.8, 4) is 6.07 Å². The number of carbonyl (C=O) groups is 1. The maximum atomic E-state index is 12.6. The first kappa shape index (κ1) is 16.1. The minimum absolute atomic E-state index is 0.0830. The third-order valence-electron chi connectivity index (χ3n) is 5.55. The van der Waals surface area contributed by atoms with E-state index < -0.39 is 6.04 Å². The van der Waals surface area contributed by atoms with Gasteiger partial charge in [-0.1, -0.05) is 19.3 Å². The number of rotatable bonds is 4. The first-order valence-electron chi connectivity index (χ1n) is 8.78. The van der Waals surface area contributed by atoms with E-state index in [-0.39, 0.29) is 5.91 Å². The van der Waals surface area contributed by atoms with Crippen LogP contribution in [0, 0.1) is 23.2 Å². The summed E-state index contributed by atoms with van der Waals surface area (Å²) in [6, 6.07) is 5.31. The second kappa shape index (κ2) is 7.18. The summed E-state index contributed by atoms with van der Waals surface area (Å²) in [6.07, 6.45) is 8.84. The normalized spacial score (nSPS) is 25.5. The van der Waals surface area contributed by atoms with Gasteiger partial charge < -0.3 is 15.2 Å². The van der Waals surface area contributed by atoms with Gasteiger partial charge in [-0.25, -0.2) is 0 Å². The Morgan fingerprint density at radius 1 is 1.35 bits per heavy atom. The van der Waals surface area contributed by atoms with Gasteiger partial charge in [-0.2, -0.15) is 5.26 Å². The van der Waals surface area contributed by atoms with Gasteiger partial charge in [-0.05, 0) is 43.2 Å². The van der Waals surface area contributed by atoms with Crippen molar-refractivity contribution in [2.45, 2.75) is 51.1 Å². The second-order valence-electron chi connectivity index (χ2n) is 6.97. The fraction of sp³-hybridized carbons (Fsp3) is 0.667. The average Bonchev–Trinajstić information content (AvgIpc) is 3.06.